The van der Waals surface area contributed by atoms with Crippen LogP contribution in [0.5, 0.6) is 0 Å². The van der Waals surface area contributed by atoms with E-state index in [9.17, 15) is 19.0 Å². The number of carbonyl (C=O) groups excluding carboxylic acids is 2. The van der Waals surface area contributed by atoms with E-state index in [1.54, 1.807) is 0 Å². The Morgan fingerprint density at radius 3 is 1.37 bits per heavy atom. The molecule has 0 saturated carbocycles. The molecule has 3 N–H and O–H groups in total. The number of ether oxygens (including phenoxy) is 2. The van der Waals surface area contributed by atoms with E-state index in [-0.39, 0.29) is 32.6 Å². The third-order valence-electron chi connectivity index (χ3n) is 10.3. The number of phosphoric acid groups is 1. The molecule has 0 amide bonds. The predicted octanol–water partition coefficient (Wildman–Crippen LogP) is 15.2. The molecule has 0 rings (SSSR count). The van der Waals surface area contributed by atoms with E-state index in [2.05, 4.69) is 86.8 Å². The second-order valence-corrected chi connectivity index (χ2v) is 17.8. The second-order valence-electron chi connectivity index (χ2n) is 16.3. The van der Waals surface area contributed by atoms with Crippen LogP contribution in [0.15, 0.2) is 85.1 Å². The lowest BCUT2D eigenvalue weighted by atomic mass is 10.0. The van der Waals surface area contributed by atoms with Crippen LogP contribution in [0.3, 0.4) is 0 Å². The molecular weight excluding hydrogens is 810 g/mol. The number of nitrogens with two attached hydrogens (primary N) is 1. The van der Waals surface area contributed by atoms with Gasteiger partial charge in [-0.25, -0.2) is 4.57 Å². The van der Waals surface area contributed by atoms with Crippen LogP contribution in [0.2, 0.25) is 0 Å². The maximum Gasteiger partial charge on any atom is 0.472 e. The fourth-order valence-electron chi connectivity index (χ4n) is 6.60. The fourth-order valence-corrected chi connectivity index (χ4v) is 7.36. The molecule has 0 saturated heterocycles. The molecule has 0 radical (unpaired) electrons. The number of phosphoric ester groups is 1. The molecule has 0 aliphatic heterocycles. The highest BCUT2D eigenvalue weighted by molar-refractivity contribution is 7.47. The van der Waals surface area contributed by atoms with Crippen LogP contribution in [0.1, 0.15) is 206 Å². The van der Waals surface area contributed by atoms with Crippen LogP contribution in [-0.2, 0) is 32.7 Å². The van der Waals surface area contributed by atoms with Gasteiger partial charge in [0.2, 0.25) is 0 Å². The second kappa shape index (κ2) is 48.6. The first kappa shape index (κ1) is 60.2. The summed E-state index contributed by atoms with van der Waals surface area (Å²) in [4.78, 5) is 34.9. The first-order chi connectivity index (χ1) is 30.8. The van der Waals surface area contributed by atoms with Crippen molar-refractivity contribution >= 4 is 19.8 Å². The van der Waals surface area contributed by atoms with Crippen LogP contribution in [-0.4, -0.2) is 49.3 Å². The minimum absolute atomic E-state index is 0.0393. The van der Waals surface area contributed by atoms with Gasteiger partial charge in [-0.1, -0.05) is 202 Å². The first-order valence-electron chi connectivity index (χ1n) is 25.1. The smallest absolute Gasteiger partial charge is 0.462 e. The monoisotopic (exact) mass is 902 g/mol. The molecule has 0 bridgehead atoms. The van der Waals surface area contributed by atoms with Crippen molar-refractivity contribution in [1.82, 2.24) is 0 Å². The van der Waals surface area contributed by atoms with Crippen LogP contribution >= 0.6 is 7.82 Å². The average Bonchev–Trinajstić information content (AvgIpc) is 3.27. The maximum absolute atomic E-state index is 12.5. The van der Waals surface area contributed by atoms with Gasteiger partial charge in [0.1, 0.15) is 6.61 Å². The minimum atomic E-state index is -4.40. The van der Waals surface area contributed by atoms with E-state index in [0.717, 1.165) is 57.8 Å². The summed E-state index contributed by atoms with van der Waals surface area (Å²) in [5.41, 5.74) is 5.35. The van der Waals surface area contributed by atoms with Gasteiger partial charge < -0.3 is 20.1 Å². The summed E-state index contributed by atoms with van der Waals surface area (Å²) in [5, 5.41) is 0. The van der Waals surface area contributed by atoms with Gasteiger partial charge in [0, 0.05) is 19.4 Å². The predicted molar refractivity (Wildman–Crippen MR) is 265 cm³/mol. The topological polar surface area (TPSA) is 134 Å². The Labute approximate surface area is 385 Å². The van der Waals surface area contributed by atoms with Gasteiger partial charge in [-0.05, 0) is 77.0 Å². The van der Waals surface area contributed by atoms with Gasteiger partial charge in [-0.3, -0.25) is 18.6 Å². The highest BCUT2D eigenvalue weighted by Crippen LogP contribution is 2.43. The molecular formula is C53H92NO8P. The summed E-state index contributed by atoms with van der Waals surface area (Å²) >= 11 is 0. The molecule has 0 fully saturated rings. The van der Waals surface area contributed by atoms with Gasteiger partial charge >= 0.3 is 19.8 Å². The summed E-state index contributed by atoms with van der Waals surface area (Å²) in [6.07, 6.45) is 62.3. The fraction of sp³-hybridized carbons (Fsp3) is 0.698. The summed E-state index contributed by atoms with van der Waals surface area (Å²) in [6.45, 7) is 3.52. The third-order valence-corrected chi connectivity index (χ3v) is 11.3. The Kier molecular flexibility index (Phi) is 46.5. The highest BCUT2D eigenvalue weighted by Gasteiger charge is 2.25. The highest BCUT2D eigenvalue weighted by atomic mass is 31.2. The van der Waals surface area contributed by atoms with Gasteiger partial charge in [0.05, 0.1) is 13.2 Å². The maximum atomic E-state index is 12.5. The first-order valence-corrected chi connectivity index (χ1v) is 26.6. The Hall–Kier alpha value is -2.81. The Bertz CT molecular complexity index is 1300. The van der Waals surface area contributed by atoms with E-state index < -0.39 is 32.5 Å². The van der Waals surface area contributed by atoms with Crippen molar-refractivity contribution in [3.05, 3.63) is 85.1 Å². The molecule has 0 heterocycles. The van der Waals surface area contributed by atoms with Crippen molar-refractivity contribution in [2.45, 2.75) is 213 Å². The van der Waals surface area contributed by atoms with Gasteiger partial charge in [-0.2, -0.15) is 0 Å². The molecule has 0 aromatic carbocycles. The lowest BCUT2D eigenvalue weighted by molar-refractivity contribution is -0.161. The van der Waals surface area contributed by atoms with E-state index in [1.165, 1.54) is 116 Å². The summed E-state index contributed by atoms with van der Waals surface area (Å²) in [7, 11) is -4.40. The number of hydrogen-bond donors (Lipinski definition) is 2. The SMILES string of the molecule is CC/C=C\C/C=C\C/C=C\C/C=C\CCC(=O)OC(COC(=O)CCCCCCCCCCCCCCCC/C=C\C/C=C\C/C=C\CCCCCCC)COP(=O)(O)OCCN. The molecule has 0 aliphatic carbocycles. The number of rotatable bonds is 46. The molecule has 10 heteroatoms. The molecule has 0 aromatic rings. The lowest BCUT2D eigenvalue weighted by Gasteiger charge is -2.19. The molecule has 63 heavy (non-hydrogen) atoms. The quantitative estimate of drug-likeness (QED) is 0.0265. The largest absolute Gasteiger partial charge is 0.472 e. The molecule has 0 spiro atoms. The normalized spacial score (nSPS) is 13.9. The number of hydrogen-bond acceptors (Lipinski definition) is 8. The van der Waals surface area contributed by atoms with Gasteiger partial charge in [0.25, 0.3) is 0 Å². The van der Waals surface area contributed by atoms with Crippen molar-refractivity contribution in [2.24, 2.45) is 5.73 Å². The van der Waals surface area contributed by atoms with E-state index >= 15 is 0 Å². The molecule has 9 nitrogen and oxygen atoms in total. The van der Waals surface area contributed by atoms with Crippen LogP contribution in [0, 0.1) is 0 Å². The lowest BCUT2D eigenvalue weighted by Crippen LogP contribution is -2.29. The molecule has 2 atom stereocenters. The zero-order chi connectivity index (χ0) is 46.0. The van der Waals surface area contributed by atoms with Crippen LogP contribution in [0.4, 0.5) is 0 Å². The van der Waals surface area contributed by atoms with Crippen molar-refractivity contribution in [1.29, 1.82) is 0 Å². The van der Waals surface area contributed by atoms with Crippen molar-refractivity contribution < 1.29 is 37.6 Å². The molecule has 362 valence electrons. The molecule has 2 unspecified atom stereocenters. The number of carbonyl (C=O) groups is 2. The molecule has 0 aliphatic rings. The summed E-state index contributed by atoms with van der Waals surface area (Å²) in [6, 6.07) is 0. The Balaban J connectivity index is 4.00. The van der Waals surface area contributed by atoms with Crippen LogP contribution < -0.4 is 5.73 Å². The minimum Gasteiger partial charge on any atom is -0.462 e. The molecule has 0 aromatic heterocycles. The van der Waals surface area contributed by atoms with E-state index in [4.69, 9.17) is 24.3 Å². The number of allylic oxidation sites excluding steroid dienone is 14. The Morgan fingerprint density at radius 2 is 0.905 bits per heavy atom. The number of esters is 2. The van der Waals surface area contributed by atoms with Crippen molar-refractivity contribution in [3.63, 3.8) is 0 Å². The van der Waals surface area contributed by atoms with Crippen molar-refractivity contribution in [2.75, 3.05) is 26.4 Å². The third kappa shape index (κ3) is 48.5. The Morgan fingerprint density at radius 1 is 0.492 bits per heavy atom. The summed E-state index contributed by atoms with van der Waals surface area (Å²) in [5.74, 6) is -0.927. The standard InChI is InChI=1S/C53H92NO8P/c1-3-5-7-9-11-13-15-17-18-19-20-21-22-23-24-25-26-27-28-29-30-31-32-34-35-37-39-41-43-45-52(55)59-49-51(50-61-63(57,58)60-48-47-54)62-53(56)46-44-42-40-38-36-33-16-14-12-10-8-6-4-2/h6,8,12,14-15,17,19-20,22-23,33,36,40,42,51H,3-5,7,9-11,13,16,18,21,24-32,34-35,37-39,41,43-50,54H2,1-2H3,(H,57,58)/b8-6-,14-12-,17-15-,20-19-,23-22-,36-33-,42-40-. The average molecular weight is 902 g/mol. The zero-order valence-corrected chi connectivity index (χ0v) is 40.9. The van der Waals surface area contributed by atoms with Crippen LogP contribution in [0.25, 0.3) is 0 Å². The van der Waals surface area contributed by atoms with E-state index in [0.29, 0.717) is 6.42 Å². The van der Waals surface area contributed by atoms with Crippen molar-refractivity contribution in [3.8, 4) is 0 Å². The summed E-state index contributed by atoms with van der Waals surface area (Å²) < 4.78 is 32.7. The van der Waals surface area contributed by atoms with E-state index in [1.807, 2.05) is 12.2 Å². The number of unbranched alkanes of at least 4 members (excludes halogenated alkanes) is 19. The zero-order valence-electron chi connectivity index (χ0n) is 40.0. The van der Waals surface area contributed by atoms with Gasteiger partial charge in [-0.15, -0.1) is 0 Å². The van der Waals surface area contributed by atoms with Gasteiger partial charge in [0.15, 0.2) is 6.10 Å².